The molecule has 0 aliphatic heterocycles. The number of carbonyl (C=O) groups is 1. The van der Waals surface area contributed by atoms with E-state index in [1.807, 2.05) is 4.98 Å². The molecule has 0 aliphatic rings. The Balaban J connectivity index is 2.32. The van der Waals surface area contributed by atoms with Crippen LogP contribution in [0, 0.1) is 0 Å². The van der Waals surface area contributed by atoms with E-state index in [2.05, 4.69) is 21.2 Å². The fourth-order valence-electron chi connectivity index (χ4n) is 2.02. The first-order chi connectivity index (χ1) is 11.0. The van der Waals surface area contributed by atoms with Crippen LogP contribution in [0.2, 0.25) is 0 Å². The van der Waals surface area contributed by atoms with Gasteiger partial charge >= 0.3 is 6.18 Å². The van der Waals surface area contributed by atoms with Crippen molar-refractivity contribution >= 4 is 27.5 Å². The maximum Gasteiger partial charge on any atom is 0.417 e. The highest BCUT2D eigenvalue weighted by Crippen LogP contribution is 2.30. The zero-order chi connectivity index (χ0) is 18.1. The summed E-state index contributed by atoms with van der Waals surface area (Å²) in [4.78, 5) is 26.2. The summed E-state index contributed by atoms with van der Waals surface area (Å²) < 4.78 is 39.0. The van der Waals surface area contributed by atoms with E-state index in [0.29, 0.717) is 17.8 Å². The Hall–Kier alpha value is -2.09. The Morgan fingerprint density at radius 2 is 1.71 bits per heavy atom. The molecule has 1 heterocycles. The minimum absolute atomic E-state index is 0.444. The number of pyridine rings is 1. The molecule has 1 aromatic heterocycles. The predicted molar refractivity (Wildman–Crippen MR) is 87.9 cm³/mol. The zero-order valence-electron chi connectivity index (χ0n) is 12.8. The van der Waals surface area contributed by atoms with Gasteiger partial charge in [0.15, 0.2) is 0 Å². The number of alkyl halides is 3. The Morgan fingerprint density at radius 3 is 2.25 bits per heavy atom. The van der Waals surface area contributed by atoms with Gasteiger partial charge in [-0.05, 0) is 37.6 Å². The number of benzene rings is 1. The Bertz CT molecular complexity index is 811. The summed E-state index contributed by atoms with van der Waals surface area (Å²) >= 11 is 3.29. The van der Waals surface area contributed by atoms with Gasteiger partial charge in [0, 0.05) is 10.7 Å². The smallest absolute Gasteiger partial charge is 0.327 e. The normalized spacial score (nSPS) is 12.1. The van der Waals surface area contributed by atoms with Gasteiger partial charge in [0.1, 0.15) is 5.69 Å². The summed E-state index contributed by atoms with van der Waals surface area (Å²) in [5.41, 5.74) is -2.67. The lowest BCUT2D eigenvalue weighted by Crippen LogP contribution is -2.36. The van der Waals surface area contributed by atoms with Crippen LogP contribution in [-0.2, 0) is 16.4 Å². The first-order valence-electron chi connectivity index (χ1n) is 6.89. The van der Waals surface area contributed by atoms with Crippen molar-refractivity contribution in [1.29, 1.82) is 0 Å². The molecule has 8 heteroatoms. The van der Waals surface area contributed by atoms with E-state index >= 15 is 0 Å². The quantitative estimate of drug-likeness (QED) is 0.812. The fraction of sp³-hybridized carbons (Fsp3) is 0.250. The molecular weight excluding hydrogens is 389 g/mol. The third kappa shape index (κ3) is 3.87. The monoisotopic (exact) mass is 402 g/mol. The van der Waals surface area contributed by atoms with Crippen LogP contribution in [0.3, 0.4) is 0 Å². The summed E-state index contributed by atoms with van der Waals surface area (Å²) in [6.07, 6.45) is -4.05. The van der Waals surface area contributed by atoms with E-state index < -0.39 is 34.3 Å². The SMILES string of the molecule is CC(C)(C(=O)Nc1cc(C(F)(F)F)c[nH]c1=O)c1ccc(Br)cc1. The molecular formula is C16H14BrF3N2O2. The average molecular weight is 403 g/mol. The van der Waals surface area contributed by atoms with Crippen LogP contribution >= 0.6 is 15.9 Å². The van der Waals surface area contributed by atoms with Crippen molar-refractivity contribution in [2.45, 2.75) is 25.4 Å². The van der Waals surface area contributed by atoms with E-state index in [4.69, 9.17) is 0 Å². The second kappa shape index (κ2) is 6.43. The maximum absolute atomic E-state index is 12.7. The van der Waals surface area contributed by atoms with Gasteiger partial charge in [-0.15, -0.1) is 0 Å². The second-order valence-corrected chi connectivity index (χ2v) is 6.63. The molecule has 2 rings (SSSR count). The van der Waals surface area contributed by atoms with Gasteiger partial charge in [0.05, 0.1) is 11.0 Å². The fourth-order valence-corrected chi connectivity index (χ4v) is 2.28. The number of amides is 1. The van der Waals surface area contributed by atoms with Gasteiger partial charge in [-0.2, -0.15) is 13.2 Å². The van der Waals surface area contributed by atoms with E-state index in [1.54, 1.807) is 38.1 Å². The predicted octanol–water partition coefficient (Wildman–Crippen LogP) is 4.07. The lowest BCUT2D eigenvalue weighted by molar-refractivity contribution is -0.137. The average Bonchev–Trinajstić information content (AvgIpc) is 2.48. The highest BCUT2D eigenvalue weighted by molar-refractivity contribution is 9.10. The summed E-state index contributed by atoms with van der Waals surface area (Å²) in [5.74, 6) is -0.588. The minimum atomic E-state index is -4.62. The van der Waals surface area contributed by atoms with Crippen LogP contribution in [0.25, 0.3) is 0 Å². The van der Waals surface area contributed by atoms with E-state index in [1.165, 1.54) is 0 Å². The number of anilines is 1. The molecule has 0 atom stereocenters. The molecule has 0 aliphatic carbocycles. The van der Waals surface area contributed by atoms with Crippen molar-refractivity contribution in [1.82, 2.24) is 4.98 Å². The molecule has 0 radical (unpaired) electrons. The first kappa shape index (κ1) is 18.3. The molecule has 1 amide bonds. The van der Waals surface area contributed by atoms with Gasteiger partial charge in [-0.1, -0.05) is 28.1 Å². The molecule has 0 saturated heterocycles. The van der Waals surface area contributed by atoms with Gasteiger partial charge in [-0.25, -0.2) is 0 Å². The molecule has 24 heavy (non-hydrogen) atoms. The highest BCUT2D eigenvalue weighted by atomic mass is 79.9. The van der Waals surface area contributed by atoms with Gasteiger partial charge in [0.25, 0.3) is 5.56 Å². The number of hydrogen-bond donors (Lipinski definition) is 2. The summed E-state index contributed by atoms with van der Waals surface area (Å²) in [5, 5.41) is 2.28. The Morgan fingerprint density at radius 1 is 1.12 bits per heavy atom. The van der Waals surface area contributed by atoms with Gasteiger partial charge in [0.2, 0.25) is 5.91 Å². The van der Waals surface area contributed by atoms with Gasteiger partial charge < -0.3 is 10.3 Å². The molecule has 2 N–H and O–H groups in total. The largest absolute Gasteiger partial charge is 0.417 e. The third-order valence-electron chi connectivity index (χ3n) is 3.61. The van der Waals surface area contributed by atoms with Crippen LogP contribution in [0.15, 0.2) is 45.8 Å². The summed E-state index contributed by atoms with van der Waals surface area (Å²) in [7, 11) is 0. The number of hydrogen-bond acceptors (Lipinski definition) is 2. The standard InChI is InChI=1S/C16H14BrF3N2O2/c1-15(2,9-3-5-11(17)6-4-9)14(24)22-12-7-10(16(18,19)20)8-21-13(12)23/h3-8H,1-2H3,(H,21,23)(H,22,24). The molecule has 0 unspecified atom stereocenters. The molecule has 0 fully saturated rings. The summed E-state index contributed by atoms with van der Waals surface area (Å²) in [6.45, 7) is 3.24. The van der Waals surface area contributed by atoms with Crippen molar-refractivity contribution in [3.63, 3.8) is 0 Å². The number of nitrogens with one attached hydrogen (secondary N) is 2. The van der Waals surface area contributed by atoms with Crippen LogP contribution in [0.1, 0.15) is 25.0 Å². The van der Waals surface area contributed by atoms with Crippen LogP contribution in [0.4, 0.5) is 18.9 Å². The third-order valence-corrected chi connectivity index (χ3v) is 4.14. The van der Waals surface area contributed by atoms with Crippen LogP contribution in [-0.4, -0.2) is 10.9 Å². The molecule has 0 saturated carbocycles. The molecule has 1 aromatic carbocycles. The lowest BCUT2D eigenvalue weighted by Gasteiger charge is -2.24. The number of carbonyl (C=O) groups excluding carboxylic acids is 1. The Kier molecular flexibility index (Phi) is 4.89. The highest BCUT2D eigenvalue weighted by Gasteiger charge is 2.33. The van der Waals surface area contributed by atoms with Crippen molar-refractivity contribution in [3.8, 4) is 0 Å². The van der Waals surface area contributed by atoms with Crippen molar-refractivity contribution in [2.75, 3.05) is 5.32 Å². The zero-order valence-corrected chi connectivity index (χ0v) is 14.4. The minimum Gasteiger partial charge on any atom is -0.327 e. The molecule has 2 aromatic rings. The first-order valence-corrected chi connectivity index (χ1v) is 7.68. The second-order valence-electron chi connectivity index (χ2n) is 5.71. The molecule has 0 spiro atoms. The molecule has 4 nitrogen and oxygen atoms in total. The number of H-pyrrole nitrogens is 1. The van der Waals surface area contributed by atoms with Crippen molar-refractivity contribution in [2.24, 2.45) is 0 Å². The molecule has 0 bridgehead atoms. The van der Waals surface area contributed by atoms with Crippen LogP contribution in [0.5, 0.6) is 0 Å². The number of aromatic amines is 1. The topological polar surface area (TPSA) is 62.0 Å². The van der Waals surface area contributed by atoms with Crippen molar-refractivity contribution in [3.05, 3.63) is 62.5 Å². The lowest BCUT2D eigenvalue weighted by atomic mass is 9.83. The number of rotatable bonds is 3. The van der Waals surface area contributed by atoms with E-state index in [-0.39, 0.29) is 0 Å². The van der Waals surface area contributed by atoms with Crippen LogP contribution < -0.4 is 10.9 Å². The maximum atomic E-state index is 12.7. The van der Waals surface area contributed by atoms with E-state index in [9.17, 15) is 22.8 Å². The Labute approximate surface area is 144 Å². The number of halogens is 4. The molecule has 128 valence electrons. The number of aromatic nitrogens is 1. The van der Waals surface area contributed by atoms with Gasteiger partial charge in [-0.3, -0.25) is 9.59 Å². The van der Waals surface area contributed by atoms with Crippen molar-refractivity contribution < 1.29 is 18.0 Å². The van der Waals surface area contributed by atoms with E-state index in [0.717, 1.165) is 4.47 Å². The summed E-state index contributed by atoms with van der Waals surface area (Å²) in [6, 6.07) is 7.57.